The monoisotopic (exact) mass is 183 g/mol. The van der Waals surface area contributed by atoms with Gasteiger partial charge in [-0.15, -0.1) is 0 Å². The molecule has 1 saturated carbocycles. The largest absolute Gasteiger partial charge is 0.381 e. The molecule has 0 radical (unpaired) electrons. The normalized spacial score (nSPS) is 37.8. The third-order valence-electron chi connectivity index (χ3n) is 3.25. The second-order valence-corrected chi connectivity index (χ2v) is 3.91. The molecule has 4 heteroatoms. The predicted octanol–water partition coefficient (Wildman–Crippen LogP) is 0.184. The fourth-order valence-corrected chi connectivity index (χ4v) is 2.44. The van der Waals surface area contributed by atoms with Gasteiger partial charge in [-0.2, -0.15) is 0 Å². The van der Waals surface area contributed by atoms with E-state index < -0.39 is 0 Å². The van der Waals surface area contributed by atoms with E-state index in [4.69, 9.17) is 10.5 Å². The Kier molecular flexibility index (Phi) is 1.95. The van der Waals surface area contributed by atoms with Crippen LogP contribution in [0, 0.1) is 0 Å². The first-order chi connectivity index (χ1) is 6.22. The number of rotatable bonds is 2. The molecule has 0 unspecified atom stereocenters. The quantitative estimate of drug-likeness (QED) is 0.664. The maximum atomic E-state index is 5.80. The summed E-state index contributed by atoms with van der Waals surface area (Å²) in [4.78, 5) is 6.51. The van der Waals surface area contributed by atoms with Crippen molar-refractivity contribution in [3.8, 4) is 0 Å². The Balaban J connectivity index is 2.03. The van der Waals surface area contributed by atoms with Crippen molar-refractivity contribution in [2.45, 2.75) is 31.4 Å². The molecule has 0 bridgehead atoms. The van der Waals surface area contributed by atoms with Gasteiger partial charge >= 0.3 is 0 Å². The van der Waals surface area contributed by atoms with Crippen molar-refractivity contribution in [2.24, 2.45) is 10.7 Å². The average molecular weight is 183 g/mol. The number of hydrogen-bond donors (Lipinski definition) is 1. The van der Waals surface area contributed by atoms with Crippen LogP contribution in [0.4, 0.5) is 0 Å². The fraction of sp³-hybridized carbons (Fsp3) is 0.889. The molecule has 0 aromatic heterocycles. The minimum atomic E-state index is 0.208. The van der Waals surface area contributed by atoms with Crippen LogP contribution in [0.25, 0.3) is 0 Å². The maximum absolute atomic E-state index is 5.80. The van der Waals surface area contributed by atoms with Crippen LogP contribution in [0.15, 0.2) is 4.99 Å². The molecule has 0 amide bonds. The summed E-state index contributed by atoms with van der Waals surface area (Å²) in [6, 6.07) is 0. The number of aliphatic imine (C=N–C) groups is 1. The molecule has 0 aromatic rings. The van der Waals surface area contributed by atoms with Gasteiger partial charge in [0.25, 0.3) is 0 Å². The smallest absolute Gasteiger partial charge is 0.191 e. The molecule has 1 aliphatic carbocycles. The minimum absolute atomic E-state index is 0.208. The second-order valence-electron chi connectivity index (χ2n) is 3.91. The van der Waals surface area contributed by atoms with E-state index >= 15 is 0 Å². The van der Waals surface area contributed by atoms with E-state index in [1.165, 1.54) is 0 Å². The van der Waals surface area contributed by atoms with Crippen molar-refractivity contribution < 1.29 is 4.74 Å². The van der Waals surface area contributed by atoms with E-state index in [0.717, 1.165) is 25.9 Å². The van der Waals surface area contributed by atoms with Gasteiger partial charge < -0.3 is 15.4 Å². The van der Waals surface area contributed by atoms with Gasteiger partial charge in [-0.25, -0.2) is 0 Å². The summed E-state index contributed by atoms with van der Waals surface area (Å²) >= 11 is 0. The molecule has 2 N–H and O–H groups in total. The van der Waals surface area contributed by atoms with Crippen molar-refractivity contribution in [1.29, 1.82) is 0 Å². The van der Waals surface area contributed by atoms with E-state index in [-0.39, 0.29) is 5.54 Å². The first-order valence-electron chi connectivity index (χ1n) is 4.82. The molecule has 1 heterocycles. The van der Waals surface area contributed by atoms with Crippen molar-refractivity contribution in [2.75, 3.05) is 20.2 Å². The zero-order valence-corrected chi connectivity index (χ0v) is 8.29. The van der Waals surface area contributed by atoms with Crippen molar-refractivity contribution in [1.82, 2.24) is 4.90 Å². The fourth-order valence-electron chi connectivity index (χ4n) is 2.44. The Bertz CT molecular complexity index is 233. The SMILES string of the molecule is CCN1C(N)=NCC12CC(OC)C2. The molecule has 74 valence electrons. The Morgan fingerprint density at radius 1 is 1.69 bits per heavy atom. The van der Waals surface area contributed by atoms with Crippen molar-refractivity contribution in [3.63, 3.8) is 0 Å². The average Bonchev–Trinajstić information content (AvgIpc) is 2.39. The van der Waals surface area contributed by atoms with E-state index in [1.807, 2.05) is 0 Å². The molecule has 1 fully saturated rings. The first kappa shape index (κ1) is 8.81. The lowest BCUT2D eigenvalue weighted by atomic mass is 9.73. The Morgan fingerprint density at radius 2 is 2.38 bits per heavy atom. The van der Waals surface area contributed by atoms with E-state index in [2.05, 4.69) is 16.8 Å². The van der Waals surface area contributed by atoms with Crippen LogP contribution in [-0.2, 0) is 4.74 Å². The third-order valence-corrected chi connectivity index (χ3v) is 3.25. The predicted molar refractivity (Wildman–Crippen MR) is 51.6 cm³/mol. The lowest BCUT2D eigenvalue weighted by Crippen LogP contribution is -2.61. The van der Waals surface area contributed by atoms with Crippen LogP contribution in [0.1, 0.15) is 19.8 Å². The van der Waals surface area contributed by atoms with Gasteiger partial charge in [0.05, 0.1) is 18.2 Å². The number of nitrogens with zero attached hydrogens (tertiary/aromatic N) is 2. The Labute approximate surface area is 78.8 Å². The summed E-state index contributed by atoms with van der Waals surface area (Å²) in [6.07, 6.45) is 2.55. The Hall–Kier alpha value is -0.770. The second kappa shape index (κ2) is 2.87. The van der Waals surface area contributed by atoms with Crippen LogP contribution in [0.5, 0.6) is 0 Å². The number of guanidine groups is 1. The van der Waals surface area contributed by atoms with Crippen LogP contribution in [-0.4, -0.2) is 42.7 Å². The summed E-state index contributed by atoms with van der Waals surface area (Å²) in [5, 5.41) is 0. The van der Waals surface area contributed by atoms with Gasteiger partial charge in [0, 0.05) is 13.7 Å². The van der Waals surface area contributed by atoms with Gasteiger partial charge in [0.2, 0.25) is 0 Å². The van der Waals surface area contributed by atoms with Crippen molar-refractivity contribution >= 4 is 5.96 Å². The topological polar surface area (TPSA) is 50.8 Å². The third kappa shape index (κ3) is 1.12. The van der Waals surface area contributed by atoms with Gasteiger partial charge in [0.15, 0.2) is 5.96 Å². The van der Waals surface area contributed by atoms with Gasteiger partial charge in [-0.05, 0) is 19.8 Å². The molecule has 0 atom stereocenters. The summed E-state index contributed by atoms with van der Waals surface area (Å²) < 4.78 is 5.28. The molecule has 1 aliphatic heterocycles. The highest BCUT2D eigenvalue weighted by Gasteiger charge is 2.51. The molecule has 1 spiro atoms. The molecule has 2 rings (SSSR count). The van der Waals surface area contributed by atoms with E-state index in [0.29, 0.717) is 12.1 Å². The lowest BCUT2D eigenvalue weighted by Gasteiger charge is -2.49. The van der Waals surface area contributed by atoms with Gasteiger partial charge in [-0.3, -0.25) is 4.99 Å². The molecule has 13 heavy (non-hydrogen) atoms. The summed E-state index contributed by atoms with van der Waals surface area (Å²) in [6.45, 7) is 3.92. The highest BCUT2D eigenvalue weighted by atomic mass is 16.5. The molecule has 0 saturated heterocycles. The number of likely N-dealkylation sites (N-methyl/N-ethyl adjacent to an activating group) is 1. The highest BCUT2D eigenvalue weighted by molar-refractivity contribution is 5.81. The number of ether oxygens (including phenoxy) is 1. The van der Waals surface area contributed by atoms with Crippen molar-refractivity contribution in [3.05, 3.63) is 0 Å². The number of methoxy groups -OCH3 is 1. The van der Waals surface area contributed by atoms with E-state index in [9.17, 15) is 0 Å². The zero-order chi connectivity index (χ0) is 9.47. The Morgan fingerprint density at radius 3 is 2.92 bits per heavy atom. The lowest BCUT2D eigenvalue weighted by molar-refractivity contribution is -0.0551. The molecule has 4 nitrogen and oxygen atoms in total. The summed E-state index contributed by atoms with van der Waals surface area (Å²) in [5.74, 6) is 0.706. The maximum Gasteiger partial charge on any atom is 0.191 e. The molecular formula is C9H17N3O. The van der Waals surface area contributed by atoms with Gasteiger partial charge in [0.1, 0.15) is 0 Å². The van der Waals surface area contributed by atoms with Crippen LogP contribution < -0.4 is 5.73 Å². The highest BCUT2D eigenvalue weighted by Crippen LogP contribution is 2.42. The van der Waals surface area contributed by atoms with Crippen LogP contribution >= 0.6 is 0 Å². The first-order valence-corrected chi connectivity index (χ1v) is 4.82. The molecule has 0 aromatic carbocycles. The minimum Gasteiger partial charge on any atom is -0.381 e. The summed E-state index contributed by atoms with van der Waals surface area (Å²) in [5.41, 5.74) is 6.00. The number of hydrogen-bond acceptors (Lipinski definition) is 4. The zero-order valence-electron chi connectivity index (χ0n) is 8.29. The summed E-state index contributed by atoms with van der Waals surface area (Å²) in [7, 11) is 1.77. The molecule has 2 aliphatic rings. The van der Waals surface area contributed by atoms with Crippen LogP contribution in [0.3, 0.4) is 0 Å². The molecular weight excluding hydrogens is 166 g/mol. The van der Waals surface area contributed by atoms with E-state index in [1.54, 1.807) is 7.11 Å². The van der Waals surface area contributed by atoms with Crippen LogP contribution in [0.2, 0.25) is 0 Å². The van der Waals surface area contributed by atoms with Gasteiger partial charge in [-0.1, -0.05) is 0 Å². The standard InChI is InChI=1S/C9H17N3O/c1-3-12-8(10)11-6-9(12)4-7(5-9)13-2/h7H,3-6H2,1-2H3,(H2,10,11). The number of nitrogens with two attached hydrogens (primary N) is 1.